The van der Waals surface area contributed by atoms with Gasteiger partial charge in [0.15, 0.2) is 22.4 Å². The van der Waals surface area contributed by atoms with E-state index in [1.165, 1.54) is 32.1 Å². The third-order valence-corrected chi connectivity index (χ3v) is 6.88. The number of nitrogens with zero attached hydrogens (tertiary/aromatic N) is 3. The van der Waals surface area contributed by atoms with Crippen LogP contribution in [0.1, 0.15) is 24.9 Å². The summed E-state index contributed by atoms with van der Waals surface area (Å²) in [6, 6.07) is 3.32. The number of carbonyl (C=O) groups excluding carboxylic acids is 2. The molecule has 0 N–H and O–H groups in total. The number of halogens is 3. The minimum Gasteiger partial charge on any atom is -0.493 e. The minimum absolute atomic E-state index is 0.00457. The first-order chi connectivity index (χ1) is 17.7. The van der Waals surface area contributed by atoms with Crippen LogP contribution in [0, 0.1) is 0 Å². The number of methoxy groups -OCH3 is 2. The van der Waals surface area contributed by atoms with E-state index in [1.54, 1.807) is 22.4 Å². The van der Waals surface area contributed by atoms with Gasteiger partial charge in [-0.25, -0.2) is 9.79 Å². The molecule has 0 saturated carbocycles. The highest BCUT2D eigenvalue weighted by atomic mass is 32.2. The van der Waals surface area contributed by atoms with Crippen molar-refractivity contribution in [2.75, 3.05) is 47.1 Å². The quantitative estimate of drug-likeness (QED) is 0.484. The Morgan fingerprint density at radius 1 is 1.16 bits per heavy atom. The highest BCUT2D eigenvalue weighted by Crippen LogP contribution is 2.49. The van der Waals surface area contributed by atoms with E-state index in [2.05, 4.69) is 4.99 Å². The molecule has 1 unspecified atom stereocenters. The van der Waals surface area contributed by atoms with Crippen LogP contribution in [0.2, 0.25) is 0 Å². The molecule has 37 heavy (non-hydrogen) atoms. The number of thioether (sulfide) groups is 1. The Balaban J connectivity index is 1.83. The number of hydrogen-bond acceptors (Lipinski definition) is 9. The summed E-state index contributed by atoms with van der Waals surface area (Å²) in [6.07, 6.45) is -5.02. The van der Waals surface area contributed by atoms with Gasteiger partial charge < -0.3 is 28.7 Å². The van der Waals surface area contributed by atoms with Crippen LogP contribution in [0.5, 0.6) is 11.5 Å². The van der Waals surface area contributed by atoms with E-state index < -0.39 is 29.5 Å². The molecular weight excluding hydrogens is 515 g/mol. The number of ether oxygens (including phenoxy) is 4. The van der Waals surface area contributed by atoms with E-state index in [-0.39, 0.29) is 29.9 Å². The maximum Gasteiger partial charge on any atom is 0.434 e. The van der Waals surface area contributed by atoms with Gasteiger partial charge in [0, 0.05) is 18.8 Å². The summed E-state index contributed by atoms with van der Waals surface area (Å²) in [6.45, 7) is 3.04. The predicted octanol–water partition coefficient (Wildman–Crippen LogP) is 3.63. The smallest absolute Gasteiger partial charge is 0.434 e. The molecule has 0 aliphatic carbocycles. The molecule has 0 radical (unpaired) electrons. The van der Waals surface area contributed by atoms with E-state index in [0.717, 1.165) is 11.8 Å². The first kappa shape index (κ1) is 26.9. The Kier molecular flexibility index (Phi) is 8.02. The third kappa shape index (κ3) is 5.42. The maximum absolute atomic E-state index is 14.2. The number of amides is 1. The number of benzene rings is 1. The van der Waals surface area contributed by atoms with Gasteiger partial charge >= 0.3 is 12.1 Å². The zero-order valence-electron chi connectivity index (χ0n) is 20.5. The van der Waals surface area contributed by atoms with Crippen molar-refractivity contribution in [1.29, 1.82) is 0 Å². The lowest BCUT2D eigenvalue weighted by Gasteiger charge is -2.37. The van der Waals surface area contributed by atoms with E-state index in [1.807, 2.05) is 0 Å². The largest absolute Gasteiger partial charge is 0.493 e. The van der Waals surface area contributed by atoms with Gasteiger partial charge in [-0.3, -0.25) is 4.79 Å². The topological polar surface area (TPSA) is 89.9 Å². The van der Waals surface area contributed by atoms with Crippen molar-refractivity contribution in [2.45, 2.75) is 25.6 Å². The van der Waals surface area contributed by atoms with Crippen LogP contribution in [0.25, 0.3) is 0 Å². The van der Waals surface area contributed by atoms with Gasteiger partial charge in [0.25, 0.3) is 0 Å². The lowest BCUT2D eigenvalue weighted by molar-refractivity contribution is -0.140. The van der Waals surface area contributed by atoms with Crippen LogP contribution >= 0.6 is 11.8 Å². The summed E-state index contributed by atoms with van der Waals surface area (Å²) in [5, 5.41) is 1.59. The average molecular weight is 542 g/mol. The van der Waals surface area contributed by atoms with Crippen molar-refractivity contribution in [3.05, 3.63) is 46.1 Å². The van der Waals surface area contributed by atoms with Gasteiger partial charge in [0.05, 0.1) is 52.1 Å². The maximum atomic E-state index is 14.2. The number of aliphatic imine (C=N–C) groups is 1. The van der Waals surface area contributed by atoms with Crippen molar-refractivity contribution in [2.24, 2.45) is 4.99 Å². The van der Waals surface area contributed by atoms with E-state index >= 15 is 0 Å². The van der Waals surface area contributed by atoms with Crippen molar-refractivity contribution in [3.8, 4) is 11.5 Å². The van der Waals surface area contributed by atoms with E-state index in [9.17, 15) is 22.8 Å². The number of amidine groups is 1. The molecule has 0 aromatic heterocycles. The molecule has 1 aromatic rings. The van der Waals surface area contributed by atoms with Crippen molar-refractivity contribution < 1.29 is 41.7 Å². The standard InChI is InChI=1S/C24H26F3N3O6S/c1-4-36-22(32)19-20(14-5-6-16(33-2)17(11-14)34-3)30-15(12-18(31)29-7-9-35-10-8-29)13-37-23(30)28-21(19)24(25,26)27/h5-6,11,13,20H,4,7-10,12H2,1-3H3. The molecule has 1 amide bonds. The first-order valence-corrected chi connectivity index (χ1v) is 12.4. The zero-order chi connectivity index (χ0) is 26.7. The molecule has 200 valence electrons. The van der Waals surface area contributed by atoms with Crippen LogP contribution in [-0.4, -0.2) is 80.2 Å². The van der Waals surface area contributed by atoms with Crippen LogP contribution in [-0.2, 0) is 19.1 Å². The van der Waals surface area contributed by atoms with Crippen LogP contribution in [0.15, 0.2) is 45.6 Å². The number of hydrogen-bond donors (Lipinski definition) is 0. The summed E-state index contributed by atoms with van der Waals surface area (Å²) < 4.78 is 63.6. The number of rotatable bonds is 7. The lowest BCUT2D eigenvalue weighted by atomic mass is 9.93. The summed E-state index contributed by atoms with van der Waals surface area (Å²) >= 11 is 0.962. The second kappa shape index (κ2) is 11.1. The molecule has 3 aliphatic rings. The second-order valence-corrected chi connectivity index (χ2v) is 9.00. The Hall–Kier alpha value is -3.19. The number of allylic oxidation sites excluding steroid dienone is 1. The number of fused-ring (bicyclic) bond motifs is 1. The Labute approximate surface area is 215 Å². The van der Waals surface area contributed by atoms with Gasteiger partial charge in [-0.15, -0.1) is 0 Å². The molecule has 3 heterocycles. The summed E-state index contributed by atoms with van der Waals surface area (Å²) in [4.78, 5) is 33.0. The highest BCUT2D eigenvalue weighted by molar-refractivity contribution is 8.16. The molecule has 1 fully saturated rings. The van der Waals surface area contributed by atoms with Gasteiger partial charge in [-0.2, -0.15) is 13.2 Å². The number of morpholine rings is 1. The summed E-state index contributed by atoms with van der Waals surface area (Å²) in [5.74, 6) is -0.718. The molecule has 1 atom stereocenters. The summed E-state index contributed by atoms with van der Waals surface area (Å²) in [5.41, 5.74) is -1.28. The second-order valence-electron chi connectivity index (χ2n) is 8.16. The molecule has 1 saturated heterocycles. The predicted molar refractivity (Wildman–Crippen MR) is 129 cm³/mol. The molecule has 9 nitrogen and oxygen atoms in total. The molecule has 0 spiro atoms. The number of esters is 1. The summed E-state index contributed by atoms with van der Waals surface area (Å²) in [7, 11) is 2.83. The minimum atomic E-state index is -4.93. The van der Waals surface area contributed by atoms with Gasteiger partial charge in [-0.1, -0.05) is 17.8 Å². The molecule has 0 bridgehead atoms. The zero-order valence-corrected chi connectivity index (χ0v) is 21.3. The van der Waals surface area contributed by atoms with Crippen molar-refractivity contribution >= 4 is 28.8 Å². The lowest BCUT2D eigenvalue weighted by Crippen LogP contribution is -2.43. The molecule has 4 rings (SSSR count). The van der Waals surface area contributed by atoms with Gasteiger partial charge in [-0.05, 0) is 30.0 Å². The van der Waals surface area contributed by atoms with Crippen molar-refractivity contribution in [3.63, 3.8) is 0 Å². The normalized spacial score (nSPS) is 19.8. The van der Waals surface area contributed by atoms with Crippen molar-refractivity contribution in [1.82, 2.24) is 9.80 Å². The fraction of sp³-hybridized carbons (Fsp3) is 0.458. The van der Waals surface area contributed by atoms with E-state index in [0.29, 0.717) is 43.3 Å². The third-order valence-electron chi connectivity index (χ3n) is 5.99. The SMILES string of the molecule is CCOC(=O)C1=C(C(F)(F)F)N=C2SC=C(CC(=O)N3CCOCC3)N2C1c1ccc(OC)c(OC)c1. The van der Waals surface area contributed by atoms with E-state index in [4.69, 9.17) is 18.9 Å². The molecule has 3 aliphatic heterocycles. The Bertz CT molecular complexity index is 1160. The van der Waals surface area contributed by atoms with Crippen LogP contribution < -0.4 is 9.47 Å². The fourth-order valence-corrected chi connectivity index (χ4v) is 5.22. The van der Waals surface area contributed by atoms with Gasteiger partial charge in [0.1, 0.15) is 0 Å². The highest BCUT2D eigenvalue weighted by Gasteiger charge is 2.49. The monoisotopic (exact) mass is 541 g/mol. The number of alkyl halides is 3. The molecular formula is C24H26F3N3O6S. The first-order valence-electron chi connectivity index (χ1n) is 11.5. The Morgan fingerprint density at radius 3 is 2.49 bits per heavy atom. The Morgan fingerprint density at radius 2 is 1.86 bits per heavy atom. The average Bonchev–Trinajstić information content (AvgIpc) is 3.29. The molecule has 13 heteroatoms. The van der Waals surface area contributed by atoms with Crippen LogP contribution in [0.4, 0.5) is 13.2 Å². The molecule has 1 aromatic carbocycles. The van der Waals surface area contributed by atoms with Gasteiger partial charge in [0.2, 0.25) is 5.91 Å². The number of carbonyl (C=O) groups is 2. The fourth-order valence-electron chi connectivity index (χ4n) is 4.31. The van der Waals surface area contributed by atoms with Crippen LogP contribution in [0.3, 0.4) is 0 Å².